The van der Waals surface area contributed by atoms with E-state index in [0.717, 1.165) is 50.5 Å². The van der Waals surface area contributed by atoms with E-state index in [1.54, 1.807) is 0 Å². The van der Waals surface area contributed by atoms with Crippen molar-refractivity contribution in [1.29, 1.82) is 0 Å². The van der Waals surface area contributed by atoms with Crippen molar-refractivity contribution < 1.29 is 14.1 Å². The van der Waals surface area contributed by atoms with Crippen LogP contribution in [0.15, 0.2) is 108 Å². The molecule has 5 aromatic rings. The average Bonchev–Trinajstić information content (AvgIpc) is 3.25. The second-order valence-corrected chi connectivity index (χ2v) is 14.9. The molecule has 0 saturated heterocycles. The summed E-state index contributed by atoms with van der Waals surface area (Å²) in [5.41, 5.74) is 6.77. The molecule has 0 bridgehead atoms. The minimum absolute atomic E-state index is 0.624. The van der Waals surface area contributed by atoms with Gasteiger partial charge in [0.1, 0.15) is 19.6 Å². The number of nitrogens with zero attached hydrogens (tertiary/aromatic N) is 2. The van der Waals surface area contributed by atoms with Crippen LogP contribution in [0.1, 0.15) is 5.56 Å². The Bertz CT molecular complexity index is 1570. The monoisotopic (exact) mass is 522 g/mol. The van der Waals surface area contributed by atoms with Gasteiger partial charge in [0.05, 0.1) is 23.8 Å². The molecule has 0 aliphatic rings. The predicted molar refractivity (Wildman–Crippen MR) is 152 cm³/mol. The highest BCUT2D eigenvalue weighted by atomic mass is 32.2. The summed E-state index contributed by atoms with van der Waals surface area (Å²) >= 11 is 1.14. The zero-order valence-electron chi connectivity index (χ0n) is 20.8. The van der Waals surface area contributed by atoms with Gasteiger partial charge in [-0.3, -0.25) is 0 Å². The highest BCUT2D eigenvalue weighted by Crippen LogP contribution is 2.35. The van der Waals surface area contributed by atoms with Gasteiger partial charge in [0.15, 0.2) is 5.65 Å². The molecule has 0 unspecified atom stereocenters. The molecule has 0 atom stereocenters. The van der Waals surface area contributed by atoms with E-state index in [1.807, 2.05) is 97.3 Å². The maximum absolute atomic E-state index is 6.20. The molecular formula is C30H26N2O3SSi. The molecule has 7 heteroatoms. The molecule has 0 aliphatic heterocycles. The van der Waals surface area contributed by atoms with Crippen LogP contribution in [0, 0.1) is 11.5 Å². The van der Waals surface area contributed by atoms with Crippen molar-refractivity contribution in [3.63, 3.8) is 0 Å². The van der Waals surface area contributed by atoms with Crippen molar-refractivity contribution in [3.8, 4) is 34.1 Å². The van der Waals surface area contributed by atoms with E-state index in [-0.39, 0.29) is 0 Å². The van der Waals surface area contributed by atoms with Crippen molar-refractivity contribution in [2.75, 3.05) is 0 Å². The Balaban J connectivity index is 1.51. The maximum atomic E-state index is 6.20. The SMILES string of the molecule is C[Si](C)(C)C#Cc1cn(OOSc2ccccc2)c2ncc(-c3ccccc3Oc3ccccc3)cc12. The highest BCUT2D eigenvalue weighted by Gasteiger charge is 2.16. The predicted octanol–water partition coefficient (Wildman–Crippen LogP) is 7.79. The van der Waals surface area contributed by atoms with Crippen LogP contribution in [-0.4, -0.2) is 17.8 Å². The quantitative estimate of drug-likeness (QED) is 0.0718. The molecule has 184 valence electrons. The summed E-state index contributed by atoms with van der Waals surface area (Å²) in [5.74, 6) is 4.90. The van der Waals surface area contributed by atoms with Crippen molar-refractivity contribution in [3.05, 3.63) is 109 Å². The fraction of sp³-hybridized carbons (Fsp3) is 0.100. The van der Waals surface area contributed by atoms with Crippen molar-refractivity contribution in [2.24, 2.45) is 0 Å². The van der Waals surface area contributed by atoms with E-state index >= 15 is 0 Å². The standard InChI is InChI=1S/C30H26N2O3SSi/c1-37(2,3)19-18-23-22-32(34-35-36-26-14-8-5-9-15-26)30-28(23)20-24(21-31-30)27-16-10-11-17-29(27)33-25-12-6-4-7-13-25/h4-17,20-22H,1-3H3. The Labute approximate surface area is 222 Å². The van der Waals surface area contributed by atoms with Gasteiger partial charge in [0.25, 0.3) is 0 Å². The molecule has 0 saturated carbocycles. The van der Waals surface area contributed by atoms with Crippen LogP contribution < -0.4 is 9.73 Å². The van der Waals surface area contributed by atoms with E-state index < -0.39 is 8.07 Å². The lowest BCUT2D eigenvalue weighted by Gasteiger charge is -2.11. The van der Waals surface area contributed by atoms with Crippen LogP contribution >= 0.6 is 12.0 Å². The number of ether oxygens (including phenoxy) is 1. The lowest BCUT2D eigenvalue weighted by molar-refractivity contribution is -0.188. The van der Waals surface area contributed by atoms with Gasteiger partial charge in [0, 0.05) is 27.6 Å². The first-order chi connectivity index (χ1) is 18.0. The molecule has 0 fully saturated rings. The molecule has 0 amide bonds. The number of para-hydroxylation sites is 2. The first-order valence-corrected chi connectivity index (χ1v) is 16.1. The smallest absolute Gasteiger partial charge is 0.180 e. The molecule has 0 radical (unpaired) electrons. The third-order valence-corrected chi connectivity index (χ3v) is 6.81. The minimum Gasteiger partial charge on any atom is -0.457 e. The van der Waals surface area contributed by atoms with E-state index in [4.69, 9.17) is 19.0 Å². The first kappa shape index (κ1) is 24.7. The maximum Gasteiger partial charge on any atom is 0.180 e. The molecular weight excluding hydrogens is 496 g/mol. The van der Waals surface area contributed by atoms with Gasteiger partial charge < -0.3 is 4.74 Å². The van der Waals surface area contributed by atoms with Crippen LogP contribution in [0.5, 0.6) is 11.5 Å². The van der Waals surface area contributed by atoms with Crippen molar-refractivity contribution in [2.45, 2.75) is 24.5 Å². The second kappa shape index (κ2) is 11.0. The number of hydrogen-bond donors (Lipinski definition) is 0. The Morgan fingerprint density at radius 1 is 0.865 bits per heavy atom. The van der Waals surface area contributed by atoms with Crippen LogP contribution in [0.3, 0.4) is 0 Å². The fourth-order valence-corrected chi connectivity index (χ4v) is 4.56. The number of hydrogen-bond acceptors (Lipinski definition) is 5. The fourth-order valence-electron chi connectivity index (χ4n) is 3.61. The van der Waals surface area contributed by atoms with E-state index in [2.05, 4.69) is 37.2 Å². The first-order valence-electron chi connectivity index (χ1n) is 11.9. The van der Waals surface area contributed by atoms with Gasteiger partial charge in [-0.15, -0.1) is 10.3 Å². The van der Waals surface area contributed by atoms with E-state index in [9.17, 15) is 0 Å². The Morgan fingerprint density at radius 3 is 2.32 bits per heavy atom. The molecule has 0 N–H and O–H groups in total. The van der Waals surface area contributed by atoms with Gasteiger partial charge in [-0.25, -0.2) is 9.97 Å². The molecule has 0 spiro atoms. The van der Waals surface area contributed by atoms with Gasteiger partial charge in [-0.05, 0) is 36.4 Å². The summed E-state index contributed by atoms with van der Waals surface area (Å²) in [5, 5.41) is 0.881. The Hall–Kier alpha value is -3.96. The molecule has 5 rings (SSSR count). The zero-order chi connectivity index (χ0) is 25.7. The second-order valence-electron chi connectivity index (χ2n) is 9.41. The van der Waals surface area contributed by atoms with Gasteiger partial charge in [-0.1, -0.05) is 84.5 Å². The summed E-state index contributed by atoms with van der Waals surface area (Å²) in [6, 6.07) is 29.5. The normalized spacial score (nSPS) is 11.1. The summed E-state index contributed by atoms with van der Waals surface area (Å²) in [4.78, 5) is 11.3. The topological polar surface area (TPSA) is 45.5 Å². The molecule has 3 aromatic carbocycles. The number of aromatic nitrogens is 2. The Morgan fingerprint density at radius 2 is 1.57 bits per heavy atom. The van der Waals surface area contributed by atoms with Crippen molar-refractivity contribution >= 4 is 31.2 Å². The van der Waals surface area contributed by atoms with Crippen LogP contribution in [0.25, 0.3) is 22.2 Å². The highest BCUT2D eigenvalue weighted by molar-refractivity contribution is 7.94. The van der Waals surface area contributed by atoms with Gasteiger partial charge >= 0.3 is 0 Å². The summed E-state index contributed by atoms with van der Waals surface area (Å²) in [6.45, 7) is 6.66. The minimum atomic E-state index is -1.60. The largest absolute Gasteiger partial charge is 0.457 e. The third-order valence-electron chi connectivity index (χ3n) is 5.34. The average molecular weight is 523 g/mol. The van der Waals surface area contributed by atoms with E-state index in [0.29, 0.717) is 5.65 Å². The molecule has 2 aromatic heterocycles. The molecule has 5 nitrogen and oxygen atoms in total. The van der Waals surface area contributed by atoms with Crippen molar-refractivity contribution in [1.82, 2.24) is 9.71 Å². The van der Waals surface area contributed by atoms with Crippen LogP contribution in [0.4, 0.5) is 0 Å². The summed E-state index contributed by atoms with van der Waals surface area (Å²) < 4.78 is 13.2. The molecule has 0 aliphatic carbocycles. The number of pyridine rings is 1. The molecule has 2 heterocycles. The van der Waals surface area contributed by atoms with Crippen LogP contribution in [-0.2, 0) is 4.33 Å². The number of benzene rings is 3. The summed E-state index contributed by atoms with van der Waals surface area (Å²) in [7, 11) is -1.60. The lowest BCUT2D eigenvalue weighted by atomic mass is 10.0. The molecule has 37 heavy (non-hydrogen) atoms. The zero-order valence-corrected chi connectivity index (χ0v) is 22.7. The van der Waals surface area contributed by atoms with Gasteiger partial charge in [-0.2, -0.15) is 0 Å². The van der Waals surface area contributed by atoms with Crippen LogP contribution in [0.2, 0.25) is 19.6 Å². The third kappa shape index (κ3) is 6.24. The Kier molecular flexibility index (Phi) is 7.33. The van der Waals surface area contributed by atoms with Gasteiger partial charge in [0.2, 0.25) is 0 Å². The lowest BCUT2D eigenvalue weighted by Crippen LogP contribution is -2.16. The van der Waals surface area contributed by atoms with E-state index in [1.165, 1.54) is 4.73 Å². The number of fused-ring (bicyclic) bond motifs is 1. The summed E-state index contributed by atoms with van der Waals surface area (Å²) in [6.07, 6.45) is 3.64. The number of rotatable bonds is 7.